The third-order valence-electron chi connectivity index (χ3n) is 5.58. The monoisotopic (exact) mass is 266 g/mol. The molecule has 2 nitrogen and oxygen atoms in total. The zero-order valence-electron chi connectivity index (χ0n) is 13.3. The third-order valence-corrected chi connectivity index (χ3v) is 5.58. The number of nitrogens with zero attached hydrogens (tertiary/aromatic N) is 1. The second-order valence-electron chi connectivity index (χ2n) is 7.85. The minimum absolute atomic E-state index is 0.490. The average Bonchev–Trinajstić information content (AvgIpc) is 2.64. The van der Waals surface area contributed by atoms with Crippen LogP contribution in [0.4, 0.5) is 0 Å². The standard InChI is InChI=1S/C17H34N2/c1-17(2,3)14-7-6-9-15(11-10-14)19-12-5-4-8-16(19)13-18/h14-16H,4-13,18H2,1-3H3. The smallest absolute Gasteiger partial charge is 0.0221 e. The van der Waals surface area contributed by atoms with Crippen molar-refractivity contribution in [1.29, 1.82) is 0 Å². The van der Waals surface area contributed by atoms with Gasteiger partial charge < -0.3 is 5.73 Å². The topological polar surface area (TPSA) is 29.3 Å². The molecule has 3 unspecified atom stereocenters. The molecule has 19 heavy (non-hydrogen) atoms. The average molecular weight is 266 g/mol. The van der Waals surface area contributed by atoms with Crippen LogP contribution in [0.15, 0.2) is 0 Å². The Kier molecular flexibility index (Phi) is 5.30. The first-order chi connectivity index (χ1) is 9.02. The van der Waals surface area contributed by atoms with Crippen LogP contribution in [0.3, 0.4) is 0 Å². The molecule has 0 aromatic heterocycles. The van der Waals surface area contributed by atoms with Crippen molar-refractivity contribution in [2.24, 2.45) is 17.1 Å². The van der Waals surface area contributed by atoms with Gasteiger partial charge in [0.25, 0.3) is 0 Å². The molecule has 0 bridgehead atoms. The van der Waals surface area contributed by atoms with Crippen LogP contribution in [0.1, 0.15) is 72.1 Å². The molecule has 1 saturated heterocycles. The van der Waals surface area contributed by atoms with Crippen molar-refractivity contribution in [2.75, 3.05) is 13.1 Å². The molecule has 0 spiro atoms. The van der Waals surface area contributed by atoms with E-state index in [0.29, 0.717) is 11.5 Å². The van der Waals surface area contributed by atoms with Crippen LogP contribution in [-0.4, -0.2) is 30.1 Å². The molecule has 2 N–H and O–H groups in total. The molecule has 0 aromatic rings. The first-order valence-corrected chi connectivity index (χ1v) is 8.48. The third kappa shape index (κ3) is 3.95. The van der Waals surface area contributed by atoms with E-state index in [1.165, 1.54) is 57.9 Å². The lowest BCUT2D eigenvalue weighted by Gasteiger charge is -2.41. The van der Waals surface area contributed by atoms with Gasteiger partial charge in [-0.1, -0.05) is 33.6 Å². The number of piperidine rings is 1. The SMILES string of the molecule is CC(C)(C)C1CCCC(N2CCCCC2CN)CC1. The van der Waals surface area contributed by atoms with Crippen LogP contribution in [0.5, 0.6) is 0 Å². The fourth-order valence-electron chi connectivity index (χ4n) is 4.24. The van der Waals surface area contributed by atoms with Crippen molar-refractivity contribution in [2.45, 2.75) is 84.2 Å². The summed E-state index contributed by atoms with van der Waals surface area (Å²) in [4.78, 5) is 2.77. The molecule has 0 aromatic carbocycles. The van der Waals surface area contributed by atoms with E-state index in [0.717, 1.165) is 18.5 Å². The fraction of sp³-hybridized carbons (Fsp3) is 1.00. The molecule has 3 atom stereocenters. The summed E-state index contributed by atoms with van der Waals surface area (Å²) in [6, 6.07) is 1.49. The Morgan fingerprint density at radius 2 is 1.74 bits per heavy atom. The normalized spacial score (nSPS) is 35.1. The molecule has 2 rings (SSSR count). The van der Waals surface area contributed by atoms with E-state index in [1.54, 1.807) is 0 Å². The second-order valence-corrected chi connectivity index (χ2v) is 7.85. The Morgan fingerprint density at radius 3 is 2.42 bits per heavy atom. The zero-order valence-corrected chi connectivity index (χ0v) is 13.3. The summed E-state index contributed by atoms with van der Waals surface area (Å²) in [5, 5.41) is 0. The predicted molar refractivity (Wildman–Crippen MR) is 83.2 cm³/mol. The van der Waals surface area contributed by atoms with Crippen molar-refractivity contribution in [3.05, 3.63) is 0 Å². The van der Waals surface area contributed by atoms with Gasteiger partial charge in [-0.2, -0.15) is 0 Å². The van der Waals surface area contributed by atoms with Gasteiger partial charge in [0, 0.05) is 18.6 Å². The first kappa shape index (κ1) is 15.3. The lowest BCUT2D eigenvalue weighted by Crippen LogP contribution is -2.49. The Morgan fingerprint density at radius 1 is 0.947 bits per heavy atom. The van der Waals surface area contributed by atoms with E-state index in [1.807, 2.05) is 0 Å². The Hall–Kier alpha value is -0.0800. The second kappa shape index (κ2) is 6.58. The predicted octanol–water partition coefficient (Wildman–Crippen LogP) is 3.79. The molecule has 0 amide bonds. The maximum atomic E-state index is 5.99. The van der Waals surface area contributed by atoms with Gasteiger partial charge in [-0.3, -0.25) is 4.90 Å². The highest BCUT2D eigenvalue weighted by molar-refractivity contribution is 4.87. The Labute approximate surface area is 120 Å². The fourth-order valence-corrected chi connectivity index (χ4v) is 4.24. The molecule has 0 radical (unpaired) electrons. The molecular formula is C17H34N2. The zero-order chi connectivity index (χ0) is 13.9. The van der Waals surface area contributed by atoms with Crippen molar-refractivity contribution in [3.63, 3.8) is 0 Å². The summed E-state index contributed by atoms with van der Waals surface area (Å²) in [7, 11) is 0. The van der Waals surface area contributed by atoms with Gasteiger partial charge in [0.05, 0.1) is 0 Å². The maximum absolute atomic E-state index is 5.99. The Bertz CT molecular complexity index is 269. The van der Waals surface area contributed by atoms with Gasteiger partial charge in [0.1, 0.15) is 0 Å². The number of hydrogen-bond acceptors (Lipinski definition) is 2. The number of rotatable bonds is 2. The van der Waals surface area contributed by atoms with E-state index in [4.69, 9.17) is 5.73 Å². The van der Waals surface area contributed by atoms with Gasteiger partial charge in [-0.15, -0.1) is 0 Å². The van der Waals surface area contributed by atoms with Crippen LogP contribution < -0.4 is 5.73 Å². The molecule has 2 aliphatic rings. The molecule has 2 heteroatoms. The molecule has 1 heterocycles. The summed E-state index contributed by atoms with van der Waals surface area (Å²) in [6.45, 7) is 9.41. The lowest BCUT2D eigenvalue weighted by atomic mass is 9.76. The summed E-state index contributed by atoms with van der Waals surface area (Å²) < 4.78 is 0. The molecule has 1 saturated carbocycles. The van der Waals surface area contributed by atoms with Crippen molar-refractivity contribution >= 4 is 0 Å². The molecule has 1 aliphatic carbocycles. The highest BCUT2D eigenvalue weighted by atomic mass is 15.2. The van der Waals surface area contributed by atoms with Gasteiger partial charge in [-0.05, 0) is 56.4 Å². The van der Waals surface area contributed by atoms with Gasteiger partial charge in [0.2, 0.25) is 0 Å². The van der Waals surface area contributed by atoms with Crippen molar-refractivity contribution in [1.82, 2.24) is 4.90 Å². The molecule has 112 valence electrons. The van der Waals surface area contributed by atoms with Crippen LogP contribution in [0.2, 0.25) is 0 Å². The van der Waals surface area contributed by atoms with Crippen molar-refractivity contribution < 1.29 is 0 Å². The number of nitrogens with two attached hydrogens (primary N) is 1. The van der Waals surface area contributed by atoms with E-state index >= 15 is 0 Å². The number of hydrogen-bond donors (Lipinski definition) is 1. The first-order valence-electron chi connectivity index (χ1n) is 8.48. The minimum Gasteiger partial charge on any atom is -0.329 e. The van der Waals surface area contributed by atoms with Gasteiger partial charge in [0.15, 0.2) is 0 Å². The van der Waals surface area contributed by atoms with E-state index < -0.39 is 0 Å². The molecule has 1 aliphatic heterocycles. The van der Waals surface area contributed by atoms with Gasteiger partial charge >= 0.3 is 0 Å². The van der Waals surface area contributed by atoms with E-state index in [2.05, 4.69) is 25.7 Å². The highest BCUT2D eigenvalue weighted by Gasteiger charge is 2.32. The van der Waals surface area contributed by atoms with E-state index in [-0.39, 0.29) is 0 Å². The highest BCUT2D eigenvalue weighted by Crippen LogP contribution is 2.38. The largest absolute Gasteiger partial charge is 0.329 e. The lowest BCUT2D eigenvalue weighted by molar-refractivity contribution is 0.0873. The Balaban J connectivity index is 1.94. The van der Waals surface area contributed by atoms with Crippen LogP contribution in [-0.2, 0) is 0 Å². The molecular weight excluding hydrogens is 232 g/mol. The minimum atomic E-state index is 0.490. The quantitative estimate of drug-likeness (QED) is 0.770. The van der Waals surface area contributed by atoms with Crippen molar-refractivity contribution in [3.8, 4) is 0 Å². The summed E-state index contributed by atoms with van der Waals surface area (Å²) in [5.41, 5.74) is 6.48. The van der Waals surface area contributed by atoms with Gasteiger partial charge in [-0.25, -0.2) is 0 Å². The molecule has 2 fully saturated rings. The summed E-state index contributed by atoms with van der Waals surface area (Å²) in [6.07, 6.45) is 11.2. The van der Waals surface area contributed by atoms with Crippen LogP contribution in [0, 0.1) is 11.3 Å². The van der Waals surface area contributed by atoms with E-state index in [9.17, 15) is 0 Å². The van der Waals surface area contributed by atoms with Crippen LogP contribution >= 0.6 is 0 Å². The maximum Gasteiger partial charge on any atom is 0.0221 e. The summed E-state index contributed by atoms with van der Waals surface area (Å²) in [5.74, 6) is 0.915. The number of likely N-dealkylation sites (tertiary alicyclic amines) is 1. The van der Waals surface area contributed by atoms with Crippen LogP contribution in [0.25, 0.3) is 0 Å². The summed E-state index contributed by atoms with van der Waals surface area (Å²) >= 11 is 0.